The molecule has 60 heavy (non-hydrogen) atoms. The zero-order chi connectivity index (χ0) is 45.1. The van der Waals surface area contributed by atoms with E-state index >= 15 is 0 Å². The number of rotatable bonds is 26. The molecule has 3 aliphatic rings. The van der Waals surface area contributed by atoms with Crippen molar-refractivity contribution >= 4 is 71.6 Å². The molecule has 0 spiro atoms. The van der Waals surface area contributed by atoms with Crippen LogP contribution in [0.25, 0.3) is 0 Å². The number of hydrogen-bond acceptors (Lipinski definition) is 20. The van der Waals surface area contributed by atoms with Crippen LogP contribution in [-0.4, -0.2) is 150 Å². The Labute approximate surface area is 350 Å². The largest absolute Gasteiger partial charge is 0.508 e. The van der Waals surface area contributed by atoms with Gasteiger partial charge >= 0.3 is 23.5 Å². The van der Waals surface area contributed by atoms with Gasteiger partial charge in [-0.2, -0.15) is 16.9 Å². The number of carbonyl (C=O) groups excluding carboxylic acids is 3. The fourth-order valence-corrected chi connectivity index (χ4v) is 9.00. The summed E-state index contributed by atoms with van der Waals surface area (Å²) in [6.45, 7) is 2.05. The summed E-state index contributed by atoms with van der Waals surface area (Å²) in [6.07, 6.45) is -3.74. The van der Waals surface area contributed by atoms with Crippen molar-refractivity contribution in [1.82, 2.24) is 15.5 Å². The van der Waals surface area contributed by atoms with E-state index in [9.17, 15) is 63.0 Å². The summed E-state index contributed by atoms with van der Waals surface area (Å²) < 4.78 is 62.0. The molecule has 342 valence electrons. The van der Waals surface area contributed by atoms with Crippen molar-refractivity contribution < 1.29 is 85.6 Å². The first kappa shape index (κ1) is 51.9. The SMILES string of the molecule is CCCCCCCC(=O)C=C(O)C12N=CN=C(N)C1=NCN2C1OC(COP(=O)(O)OP(=O)(O)OCC(C)(C)C(O)C(=O)NCCC(=O)NCCS)C(OP(=O)(O)O)C1O. The van der Waals surface area contributed by atoms with Gasteiger partial charge in [-0.1, -0.05) is 46.5 Å². The van der Waals surface area contributed by atoms with Gasteiger partial charge in [-0.25, -0.2) is 28.6 Å². The van der Waals surface area contributed by atoms with Crippen LogP contribution >= 0.6 is 36.1 Å². The molecule has 0 aromatic rings. The Bertz CT molecular complexity index is 1810. The van der Waals surface area contributed by atoms with E-state index in [0.29, 0.717) is 18.7 Å². The highest BCUT2D eigenvalue weighted by atomic mass is 32.1. The molecule has 3 aliphatic heterocycles. The molecule has 1 fully saturated rings. The molecule has 8 atom stereocenters. The molecule has 0 radical (unpaired) electrons. The van der Waals surface area contributed by atoms with Gasteiger partial charge in [0.15, 0.2) is 11.6 Å². The summed E-state index contributed by atoms with van der Waals surface area (Å²) in [7, 11) is -16.7. The number of aliphatic imine (C=N–C) groups is 3. The summed E-state index contributed by atoms with van der Waals surface area (Å²) in [5.74, 6) is -2.42. The zero-order valence-electron chi connectivity index (χ0n) is 33.0. The number of ether oxygens (including phenoxy) is 1. The van der Waals surface area contributed by atoms with Crippen LogP contribution in [0, 0.1) is 5.41 Å². The van der Waals surface area contributed by atoms with E-state index in [0.717, 1.165) is 43.0 Å². The lowest BCUT2D eigenvalue weighted by Crippen LogP contribution is -2.61. The highest BCUT2D eigenvalue weighted by Gasteiger charge is 2.60. The molecule has 0 bridgehead atoms. The van der Waals surface area contributed by atoms with Gasteiger partial charge in [0.25, 0.3) is 0 Å². The quantitative estimate of drug-likeness (QED) is 0.0178. The third-order valence-corrected chi connectivity index (χ3v) is 12.5. The molecule has 3 heterocycles. The van der Waals surface area contributed by atoms with E-state index in [2.05, 4.69) is 42.6 Å². The highest BCUT2D eigenvalue weighted by Crippen LogP contribution is 2.61. The van der Waals surface area contributed by atoms with Crippen molar-refractivity contribution in [3.05, 3.63) is 11.8 Å². The summed E-state index contributed by atoms with van der Waals surface area (Å²) >= 11 is 3.96. The van der Waals surface area contributed by atoms with Crippen LogP contribution < -0.4 is 16.4 Å². The Kier molecular flexibility index (Phi) is 19.2. The summed E-state index contributed by atoms with van der Waals surface area (Å²) in [5.41, 5.74) is 2.09. The number of phosphoric acid groups is 3. The molecule has 0 aromatic heterocycles. The molecule has 0 aromatic carbocycles. The van der Waals surface area contributed by atoms with Gasteiger partial charge in [-0.05, 0) is 6.42 Å². The van der Waals surface area contributed by atoms with Crippen molar-refractivity contribution in [1.29, 1.82) is 0 Å². The van der Waals surface area contributed by atoms with Crippen LogP contribution in [0.15, 0.2) is 26.8 Å². The van der Waals surface area contributed by atoms with Gasteiger partial charge in [0.1, 0.15) is 48.5 Å². The van der Waals surface area contributed by atoms with Crippen LogP contribution in [-0.2, 0) is 50.7 Å². The van der Waals surface area contributed by atoms with Crippen molar-refractivity contribution in [2.24, 2.45) is 26.1 Å². The lowest BCUT2D eigenvalue weighted by atomic mass is 9.87. The number of unbranched alkanes of at least 4 members (excludes halogenated alkanes) is 4. The molecule has 8 unspecified atom stereocenters. The molecule has 11 N–H and O–H groups in total. The van der Waals surface area contributed by atoms with E-state index in [1.165, 1.54) is 13.8 Å². The van der Waals surface area contributed by atoms with Gasteiger partial charge in [0.05, 0.1) is 19.9 Å². The zero-order valence-corrected chi connectivity index (χ0v) is 36.6. The van der Waals surface area contributed by atoms with Crippen molar-refractivity contribution in [3.8, 4) is 0 Å². The molecular weight excluding hydrogens is 883 g/mol. The first-order valence-corrected chi connectivity index (χ1v) is 23.7. The monoisotopic (exact) mass is 937 g/mol. The number of thiol groups is 1. The number of allylic oxidation sites excluding steroid dienone is 1. The van der Waals surface area contributed by atoms with Gasteiger partial charge < -0.3 is 56.0 Å². The Morgan fingerprint density at radius 1 is 1.08 bits per heavy atom. The predicted molar refractivity (Wildman–Crippen MR) is 215 cm³/mol. The molecule has 2 amide bonds. The number of nitrogens with zero attached hydrogens (tertiary/aromatic N) is 4. The maximum absolute atomic E-state index is 12.9. The summed E-state index contributed by atoms with van der Waals surface area (Å²) in [5, 5.41) is 38.2. The van der Waals surface area contributed by atoms with E-state index in [4.69, 9.17) is 24.0 Å². The topological polar surface area (TPSA) is 381 Å². The Hall–Kier alpha value is -2.48. The fourth-order valence-electron chi connectivity index (χ4n) is 6.06. The third kappa shape index (κ3) is 14.5. The maximum atomic E-state index is 12.9. The first-order chi connectivity index (χ1) is 27.9. The molecule has 29 heteroatoms. The Balaban J connectivity index is 1.73. The van der Waals surface area contributed by atoms with Gasteiger partial charge in [0.2, 0.25) is 17.5 Å². The Morgan fingerprint density at radius 3 is 2.40 bits per heavy atom. The minimum atomic E-state index is -5.67. The smallest absolute Gasteiger partial charge is 0.481 e. The number of fused-ring (bicyclic) bond motifs is 1. The first-order valence-electron chi connectivity index (χ1n) is 18.6. The number of aliphatic hydroxyl groups excluding tert-OH is 3. The number of nitrogens with one attached hydrogen (secondary N) is 2. The standard InChI is InChI=1S/C31H54N7O18P3S/c1-4-5-6-7-8-9-19(39)14-21(40)31-25(27(32)35-17-37-31)36-18-38(31)29-23(42)24(55-57(45,46)47)20(54-29)15-52-58(48,49)56-59(50,51)53-16-30(2,3)26(43)28(44)34-11-10-22(41)33-12-13-60/h14,17,20,23-24,26,29,40,42-43,60H,4-13,15-16,18H2,1-3H3,(H,33,41)(H,34,44)(H,48,49)(H,50,51)(H2,32,35,37)(H2,45,46,47). The van der Waals surface area contributed by atoms with Crippen LogP contribution in [0.2, 0.25) is 0 Å². The number of carbonyl (C=O) groups is 3. The molecule has 1 saturated heterocycles. The second-order valence-electron chi connectivity index (χ2n) is 14.4. The van der Waals surface area contributed by atoms with E-state index in [1.54, 1.807) is 0 Å². The minimum Gasteiger partial charge on any atom is -0.508 e. The number of phosphoric ester groups is 3. The van der Waals surface area contributed by atoms with Crippen LogP contribution in [0.5, 0.6) is 0 Å². The molecule has 0 saturated carbocycles. The lowest BCUT2D eigenvalue weighted by molar-refractivity contribution is -0.137. The predicted octanol–water partition coefficient (Wildman–Crippen LogP) is -0.0789. The molecule has 0 aliphatic carbocycles. The average molecular weight is 938 g/mol. The number of ketones is 1. The van der Waals surface area contributed by atoms with Crippen LogP contribution in [0.4, 0.5) is 0 Å². The van der Waals surface area contributed by atoms with Crippen molar-refractivity contribution in [2.75, 3.05) is 38.7 Å². The second-order valence-corrected chi connectivity index (χ2v) is 19.1. The van der Waals surface area contributed by atoms with E-state index in [-0.39, 0.29) is 36.8 Å². The molecule has 25 nitrogen and oxygen atoms in total. The number of aliphatic hydroxyl groups is 3. The molecular formula is C31H54N7O18P3S. The fraction of sp³-hybridized carbons (Fsp3) is 0.742. The lowest BCUT2D eigenvalue weighted by Gasteiger charge is -2.39. The number of hydrogen-bond donors (Lipinski definition) is 11. The van der Waals surface area contributed by atoms with Gasteiger partial charge in [-0.15, -0.1) is 0 Å². The maximum Gasteiger partial charge on any atom is 0.481 e. The Morgan fingerprint density at radius 2 is 1.75 bits per heavy atom. The number of amides is 2. The molecule has 3 rings (SSSR count). The average Bonchev–Trinajstić information content (AvgIpc) is 3.69. The number of nitrogens with two attached hydrogens (primary N) is 1. The van der Waals surface area contributed by atoms with Crippen LogP contribution in [0.3, 0.4) is 0 Å². The minimum absolute atomic E-state index is 0.0652. The highest BCUT2D eigenvalue weighted by molar-refractivity contribution is 7.80. The summed E-state index contributed by atoms with van der Waals surface area (Å²) in [4.78, 5) is 90.4. The third-order valence-electron chi connectivity index (χ3n) is 9.15. The van der Waals surface area contributed by atoms with Crippen molar-refractivity contribution in [3.63, 3.8) is 0 Å². The second kappa shape index (κ2) is 22.2. The normalized spacial score (nSPS) is 26.1. The van der Waals surface area contributed by atoms with Crippen molar-refractivity contribution in [2.45, 2.75) is 102 Å². The van der Waals surface area contributed by atoms with E-state index in [1.807, 2.05) is 6.92 Å². The van der Waals surface area contributed by atoms with Gasteiger partial charge in [0, 0.05) is 43.2 Å². The summed E-state index contributed by atoms with van der Waals surface area (Å²) in [6, 6.07) is 0. The van der Waals surface area contributed by atoms with E-state index < -0.39 is 103 Å². The number of amidine groups is 1. The van der Waals surface area contributed by atoms with Gasteiger partial charge in [-0.3, -0.25) is 32.9 Å². The van der Waals surface area contributed by atoms with Crippen LogP contribution in [0.1, 0.15) is 65.7 Å².